The minimum absolute atomic E-state index is 0.0937. The summed E-state index contributed by atoms with van der Waals surface area (Å²) in [7, 11) is 3.30. The van der Waals surface area contributed by atoms with Crippen molar-refractivity contribution in [2.24, 2.45) is 0 Å². The van der Waals surface area contributed by atoms with E-state index in [2.05, 4.69) is 18.7 Å². The molecule has 0 N–H and O–H groups in total. The lowest BCUT2D eigenvalue weighted by Crippen LogP contribution is -2.39. The third-order valence-electron chi connectivity index (χ3n) is 5.30. The third-order valence-corrected chi connectivity index (χ3v) is 7.36. The fraction of sp³-hybridized carbons (Fsp3) is 0.417. The van der Waals surface area contributed by atoms with E-state index in [4.69, 9.17) is 14.5 Å². The molecule has 0 radical (unpaired) electrons. The van der Waals surface area contributed by atoms with Crippen molar-refractivity contribution in [3.63, 3.8) is 0 Å². The van der Waals surface area contributed by atoms with Crippen molar-refractivity contribution < 1.29 is 14.3 Å². The molecule has 1 heterocycles. The minimum atomic E-state index is 0.0937. The topological polar surface area (TPSA) is 54.9 Å². The zero-order valence-corrected chi connectivity index (χ0v) is 20.8. The van der Waals surface area contributed by atoms with Gasteiger partial charge in [0.05, 0.1) is 18.9 Å². The average molecular weight is 474 g/mol. The van der Waals surface area contributed by atoms with Crippen molar-refractivity contribution in [1.82, 2.24) is 9.88 Å². The molecule has 0 saturated carbocycles. The van der Waals surface area contributed by atoms with Crippen LogP contribution in [0.5, 0.6) is 11.5 Å². The number of hydrogen-bond donors (Lipinski definition) is 0. The summed E-state index contributed by atoms with van der Waals surface area (Å²) in [4.78, 5) is 23.3. The number of amides is 1. The summed E-state index contributed by atoms with van der Waals surface area (Å²) in [6.45, 7) is 7.64. The highest BCUT2D eigenvalue weighted by molar-refractivity contribution is 7.99. The third kappa shape index (κ3) is 6.15. The summed E-state index contributed by atoms with van der Waals surface area (Å²) in [5.74, 6) is 2.37. The Morgan fingerprint density at radius 3 is 2.44 bits per heavy atom. The van der Waals surface area contributed by atoms with Crippen LogP contribution in [0.3, 0.4) is 0 Å². The Morgan fingerprint density at radius 1 is 1.03 bits per heavy atom. The molecule has 3 rings (SSSR count). The Bertz CT molecular complexity index is 1000. The number of methoxy groups -OCH3 is 2. The summed E-state index contributed by atoms with van der Waals surface area (Å²) in [5.41, 5.74) is 0.809. The van der Waals surface area contributed by atoms with Gasteiger partial charge in [0, 0.05) is 30.2 Å². The number of likely N-dealkylation sites (N-methyl/N-ethyl adjacent to an activating group) is 1. The smallest absolute Gasteiger partial charge is 0.229 e. The van der Waals surface area contributed by atoms with E-state index in [1.165, 1.54) is 11.3 Å². The Labute approximate surface area is 198 Å². The van der Waals surface area contributed by atoms with Crippen LogP contribution in [0.2, 0.25) is 0 Å². The van der Waals surface area contributed by atoms with Crippen LogP contribution in [0.15, 0.2) is 47.4 Å². The molecule has 0 saturated heterocycles. The van der Waals surface area contributed by atoms with Crippen LogP contribution in [-0.4, -0.2) is 61.9 Å². The molecule has 0 fully saturated rings. The van der Waals surface area contributed by atoms with Crippen molar-refractivity contribution in [1.29, 1.82) is 0 Å². The lowest BCUT2D eigenvalue weighted by Gasteiger charge is -2.24. The normalized spacial score (nSPS) is 11.2. The molecule has 8 heteroatoms. The molecule has 172 valence electrons. The standard InChI is InChI=1S/C24H31N3O3S2/c1-5-26(6-2)15-16-27(24-25-23-20(30-4)8-7-9-21(23)32-24)22(28)14-17-31-19-12-10-18(29-3)11-13-19/h7-13H,5-6,14-17H2,1-4H3. The number of thiazole rings is 1. The van der Waals surface area contributed by atoms with Crippen molar-refractivity contribution in [2.45, 2.75) is 25.2 Å². The molecule has 0 atom stereocenters. The summed E-state index contributed by atoms with van der Waals surface area (Å²) >= 11 is 3.21. The lowest BCUT2D eigenvalue weighted by atomic mass is 10.3. The molecular weight excluding hydrogens is 442 g/mol. The molecule has 0 unspecified atom stereocenters. The molecule has 0 aliphatic carbocycles. The van der Waals surface area contributed by atoms with Gasteiger partial charge in [0.25, 0.3) is 0 Å². The van der Waals surface area contributed by atoms with Gasteiger partial charge in [-0.05, 0) is 49.5 Å². The van der Waals surface area contributed by atoms with Gasteiger partial charge in [-0.1, -0.05) is 31.3 Å². The van der Waals surface area contributed by atoms with E-state index in [0.717, 1.165) is 51.4 Å². The fourth-order valence-corrected chi connectivity index (χ4v) is 5.23. The number of rotatable bonds is 12. The molecule has 32 heavy (non-hydrogen) atoms. The zero-order chi connectivity index (χ0) is 22.9. The molecular formula is C24H31N3O3S2. The predicted octanol–water partition coefficient (Wildman–Crippen LogP) is 5.17. The van der Waals surface area contributed by atoms with E-state index >= 15 is 0 Å². The van der Waals surface area contributed by atoms with E-state index in [1.807, 2.05) is 47.4 Å². The number of thioether (sulfide) groups is 1. The minimum Gasteiger partial charge on any atom is -0.497 e. The number of nitrogens with zero attached hydrogens (tertiary/aromatic N) is 3. The van der Waals surface area contributed by atoms with Gasteiger partial charge < -0.3 is 14.4 Å². The van der Waals surface area contributed by atoms with Crippen molar-refractivity contribution in [3.8, 4) is 11.5 Å². The second kappa shape index (κ2) is 12.1. The van der Waals surface area contributed by atoms with Gasteiger partial charge in [-0.3, -0.25) is 9.69 Å². The molecule has 0 aliphatic rings. The second-order valence-corrected chi connectivity index (χ2v) is 9.33. The van der Waals surface area contributed by atoms with Crippen molar-refractivity contribution in [3.05, 3.63) is 42.5 Å². The molecule has 0 bridgehead atoms. The Kier molecular flexibility index (Phi) is 9.20. The summed E-state index contributed by atoms with van der Waals surface area (Å²) in [6.07, 6.45) is 0.446. The summed E-state index contributed by atoms with van der Waals surface area (Å²) in [6, 6.07) is 13.8. The van der Waals surface area contributed by atoms with E-state index in [9.17, 15) is 4.79 Å². The first-order chi connectivity index (χ1) is 15.6. The second-order valence-electron chi connectivity index (χ2n) is 7.15. The SMILES string of the molecule is CCN(CC)CCN(C(=O)CCSc1ccc(OC)cc1)c1nc2c(OC)cccc2s1. The first-order valence-corrected chi connectivity index (χ1v) is 12.6. The van der Waals surface area contributed by atoms with E-state index in [-0.39, 0.29) is 5.91 Å². The first-order valence-electron chi connectivity index (χ1n) is 10.8. The largest absolute Gasteiger partial charge is 0.497 e. The Morgan fingerprint density at radius 2 is 1.78 bits per heavy atom. The first kappa shape index (κ1) is 24.4. The van der Waals surface area contributed by atoms with Crippen LogP contribution in [0.25, 0.3) is 10.2 Å². The number of anilines is 1. The number of hydrogen-bond acceptors (Lipinski definition) is 7. The maximum absolute atomic E-state index is 13.3. The number of para-hydroxylation sites is 1. The van der Waals surface area contributed by atoms with Crippen LogP contribution in [0, 0.1) is 0 Å². The summed E-state index contributed by atoms with van der Waals surface area (Å²) in [5, 5.41) is 0.733. The van der Waals surface area contributed by atoms with Crippen molar-refractivity contribution >= 4 is 44.4 Å². The van der Waals surface area contributed by atoms with Gasteiger partial charge >= 0.3 is 0 Å². The molecule has 0 spiro atoms. The number of carbonyl (C=O) groups is 1. The fourth-order valence-electron chi connectivity index (χ4n) is 3.36. The number of fused-ring (bicyclic) bond motifs is 1. The van der Waals surface area contributed by atoms with Gasteiger partial charge in [-0.15, -0.1) is 11.8 Å². The lowest BCUT2D eigenvalue weighted by molar-refractivity contribution is -0.118. The molecule has 3 aromatic rings. The predicted molar refractivity (Wildman–Crippen MR) is 135 cm³/mol. The van der Waals surface area contributed by atoms with Crippen LogP contribution < -0.4 is 14.4 Å². The number of benzene rings is 2. The van der Waals surface area contributed by atoms with Gasteiger partial charge in [0.1, 0.15) is 17.0 Å². The zero-order valence-electron chi connectivity index (χ0n) is 19.2. The summed E-state index contributed by atoms with van der Waals surface area (Å²) < 4.78 is 11.7. The van der Waals surface area contributed by atoms with Crippen LogP contribution in [-0.2, 0) is 4.79 Å². The van der Waals surface area contributed by atoms with Crippen LogP contribution >= 0.6 is 23.1 Å². The number of aromatic nitrogens is 1. The number of carbonyl (C=O) groups excluding carboxylic acids is 1. The van der Waals surface area contributed by atoms with Gasteiger partial charge in [0.2, 0.25) is 5.91 Å². The van der Waals surface area contributed by atoms with E-state index in [1.54, 1.807) is 26.0 Å². The number of ether oxygens (including phenoxy) is 2. The Balaban J connectivity index is 1.73. The monoisotopic (exact) mass is 473 g/mol. The average Bonchev–Trinajstić information content (AvgIpc) is 3.26. The van der Waals surface area contributed by atoms with Crippen LogP contribution in [0.1, 0.15) is 20.3 Å². The van der Waals surface area contributed by atoms with Gasteiger partial charge in [-0.2, -0.15) is 0 Å². The highest BCUT2D eigenvalue weighted by atomic mass is 32.2. The molecule has 2 aromatic carbocycles. The molecule has 6 nitrogen and oxygen atoms in total. The molecule has 1 aromatic heterocycles. The van der Waals surface area contributed by atoms with Crippen LogP contribution in [0.4, 0.5) is 5.13 Å². The van der Waals surface area contributed by atoms with E-state index in [0.29, 0.717) is 18.7 Å². The highest BCUT2D eigenvalue weighted by Gasteiger charge is 2.21. The van der Waals surface area contributed by atoms with Gasteiger partial charge in [0.15, 0.2) is 5.13 Å². The van der Waals surface area contributed by atoms with E-state index < -0.39 is 0 Å². The molecule has 1 amide bonds. The van der Waals surface area contributed by atoms with Gasteiger partial charge in [-0.25, -0.2) is 4.98 Å². The maximum Gasteiger partial charge on any atom is 0.229 e. The highest BCUT2D eigenvalue weighted by Crippen LogP contribution is 2.34. The maximum atomic E-state index is 13.3. The quantitative estimate of drug-likeness (QED) is 0.338. The Hall–Kier alpha value is -2.29. The van der Waals surface area contributed by atoms with Crippen molar-refractivity contribution in [2.75, 3.05) is 51.1 Å². The molecule has 0 aliphatic heterocycles.